The van der Waals surface area contributed by atoms with Crippen LogP contribution in [0.25, 0.3) is 10.9 Å². The molecule has 0 radical (unpaired) electrons. The van der Waals surface area contributed by atoms with Gasteiger partial charge in [-0.05, 0) is 36.8 Å². The van der Waals surface area contributed by atoms with Gasteiger partial charge in [0.05, 0.1) is 0 Å². The predicted octanol–water partition coefficient (Wildman–Crippen LogP) is 4.38. The van der Waals surface area contributed by atoms with E-state index in [4.69, 9.17) is 11.6 Å². The van der Waals surface area contributed by atoms with Gasteiger partial charge in [0.15, 0.2) is 0 Å². The maximum absolute atomic E-state index is 12.3. The number of carbonyl (C=O) groups excluding carboxylic acids is 1. The molecule has 4 heteroatoms. The number of H-pyrrole nitrogens is 1. The van der Waals surface area contributed by atoms with Gasteiger partial charge in [0.2, 0.25) is 0 Å². The molecule has 0 aliphatic carbocycles. The molecule has 0 unspecified atom stereocenters. The van der Waals surface area contributed by atoms with Gasteiger partial charge in [0.1, 0.15) is 5.69 Å². The summed E-state index contributed by atoms with van der Waals surface area (Å²) in [5.74, 6) is -0.152. The molecule has 1 amide bonds. The fourth-order valence-electron chi connectivity index (χ4n) is 2.25. The van der Waals surface area contributed by atoms with Crippen molar-refractivity contribution in [3.05, 3.63) is 64.8 Å². The van der Waals surface area contributed by atoms with Crippen molar-refractivity contribution in [2.45, 2.75) is 6.92 Å². The highest BCUT2D eigenvalue weighted by Gasteiger charge is 2.14. The van der Waals surface area contributed by atoms with Crippen molar-refractivity contribution in [1.29, 1.82) is 0 Å². The molecule has 0 bridgehead atoms. The minimum Gasteiger partial charge on any atom is -0.350 e. The quantitative estimate of drug-likeness (QED) is 0.720. The summed E-state index contributed by atoms with van der Waals surface area (Å²) in [6.07, 6.45) is 0. The zero-order valence-electron chi connectivity index (χ0n) is 10.9. The molecular formula is C16H13ClN2O. The van der Waals surface area contributed by atoms with Crippen LogP contribution >= 0.6 is 11.6 Å². The summed E-state index contributed by atoms with van der Waals surface area (Å²) in [7, 11) is 0. The average Bonchev–Trinajstić information content (AvgIpc) is 2.76. The Morgan fingerprint density at radius 2 is 1.90 bits per heavy atom. The van der Waals surface area contributed by atoms with Crippen LogP contribution in [0, 0.1) is 6.92 Å². The Morgan fingerprint density at radius 3 is 2.65 bits per heavy atom. The van der Waals surface area contributed by atoms with E-state index >= 15 is 0 Å². The number of aryl methyl sites for hydroxylation is 1. The van der Waals surface area contributed by atoms with Gasteiger partial charge in [-0.15, -0.1) is 0 Å². The topological polar surface area (TPSA) is 44.9 Å². The Kier molecular flexibility index (Phi) is 3.20. The third-order valence-corrected chi connectivity index (χ3v) is 3.51. The smallest absolute Gasteiger partial charge is 0.272 e. The molecule has 2 aromatic carbocycles. The van der Waals surface area contributed by atoms with Gasteiger partial charge >= 0.3 is 0 Å². The van der Waals surface area contributed by atoms with E-state index in [0.29, 0.717) is 10.7 Å². The second kappa shape index (κ2) is 5.02. The molecule has 2 N–H and O–H groups in total. The molecule has 20 heavy (non-hydrogen) atoms. The first kappa shape index (κ1) is 12.8. The number of halogens is 1. The number of fused-ring (bicyclic) bond motifs is 1. The third kappa shape index (κ3) is 2.28. The number of amides is 1. The zero-order chi connectivity index (χ0) is 14.1. The molecule has 0 spiro atoms. The van der Waals surface area contributed by atoms with Crippen LogP contribution in [0.5, 0.6) is 0 Å². The Bertz CT molecular complexity index is 778. The second-order valence-electron chi connectivity index (χ2n) is 4.64. The molecule has 1 aromatic heterocycles. The Balaban J connectivity index is 1.97. The summed E-state index contributed by atoms with van der Waals surface area (Å²) in [6, 6.07) is 14.9. The SMILES string of the molecule is Cc1c(C(=O)Nc2ccccc2)[nH]c2cc(Cl)ccc12. The first-order valence-corrected chi connectivity index (χ1v) is 6.67. The van der Waals surface area contributed by atoms with Crippen LogP contribution in [-0.2, 0) is 0 Å². The monoisotopic (exact) mass is 284 g/mol. The summed E-state index contributed by atoms with van der Waals surface area (Å²) < 4.78 is 0. The standard InChI is InChI=1S/C16H13ClN2O/c1-10-13-8-7-11(17)9-14(13)19-15(10)16(20)18-12-5-3-2-4-6-12/h2-9,19H,1H3,(H,18,20). The minimum atomic E-state index is -0.152. The molecule has 1 heterocycles. The van der Waals surface area contributed by atoms with Crippen molar-refractivity contribution in [1.82, 2.24) is 4.98 Å². The molecule has 0 saturated carbocycles. The summed E-state index contributed by atoms with van der Waals surface area (Å²) in [5.41, 5.74) is 3.12. The highest BCUT2D eigenvalue weighted by Crippen LogP contribution is 2.25. The van der Waals surface area contributed by atoms with E-state index in [9.17, 15) is 4.79 Å². The van der Waals surface area contributed by atoms with E-state index in [1.54, 1.807) is 0 Å². The normalized spacial score (nSPS) is 10.7. The molecule has 3 rings (SSSR count). The summed E-state index contributed by atoms with van der Waals surface area (Å²) >= 11 is 5.97. The van der Waals surface area contributed by atoms with Crippen molar-refractivity contribution in [2.24, 2.45) is 0 Å². The predicted molar refractivity (Wildman–Crippen MR) is 82.4 cm³/mol. The van der Waals surface area contributed by atoms with Crippen LogP contribution in [0.3, 0.4) is 0 Å². The lowest BCUT2D eigenvalue weighted by molar-refractivity contribution is 0.102. The van der Waals surface area contributed by atoms with E-state index in [1.165, 1.54) is 0 Å². The van der Waals surface area contributed by atoms with Crippen LogP contribution in [0.2, 0.25) is 5.02 Å². The van der Waals surface area contributed by atoms with Crippen LogP contribution in [0.1, 0.15) is 16.1 Å². The van der Waals surface area contributed by atoms with Gasteiger partial charge < -0.3 is 10.3 Å². The largest absolute Gasteiger partial charge is 0.350 e. The van der Waals surface area contributed by atoms with Gasteiger partial charge in [0, 0.05) is 21.6 Å². The number of carbonyl (C=O) groups is 1. The van der Waals surface area contributed by atoms with E-state index in [-0.39, 0.29) is 5.91 Å². The minimum absolute atomic E-state index is 0.152. The Labute approximate surface area is 121 Å². The molecule has 3 nitrogen and oxygen atoms in total. The molecule has 100 valence electrons. The number of aromatic nitrogens is 1. The van der Waals surface area contributed by atoms with Crippen molar-refractivity contribution in [3.63, 3.8) is 0 Å². The van der Waals surface area contributed by atoms with Crippen molar-refractivity contribution in [2.75, 3.05) is 5.32 Å². The number of rotatable bonds is 2. The van der Waals surface area contributed by atoms with Crippen LogP contribution < -0.4 is 5.32 Å². The van der Waals surface area contributed by atoms with Crippen LogP contribution in [0.15, 0.2) is 48.5 Å². The van der Waals surface area contributed by atoms with Crippen molar-refractivity contribution >= 4 is 34.1 Å². The van der Waals surface area contributed by atoms with Gasteiger partial charge in [-0.25, -0.2) is 0 Å². The highest BCUT2D eigenvalue weighted by atomic mass is 35.5. The number of nitrogens with one attached hydrogen (secondary N) is 2. The van der Waals surface area contributed by atoms with Crippen LogP contribution in [-0.4, -0.2) is 10.9 Å². The molecule has 0 atom stereocenters. The number of aromatic amines is 1. The molecular weight excluding hydrogens is 272 g/mol. The first-order chi connectivity index (χ1) is 9.65. The number of anilines is 1. The summed E-state index contributed by atoms with van der Waals surface area (Å²) in [5, 5.41) is 4.53. The van der Waals surface area contributed by atoms with E-state index < -0.39 is 0 Å². The lowest BCUT2D eigenvalue weighted by Crippen LogP contribution is -2.13. The molecule has 0 saturated heterocycles. The van der Waals surface area contributed by atoms with Crippen molar-refractivity contribution in [3.8, 4) is 0 Å². The maximum Gasteiger partial charge on any atom is 0.272 e. The maximum atomic E-state index is 12.3. The molecule has 0 aliphatic rings. The number of para-hydroxylation sites is 1. The average molecular weight is 285 g/mol. The van der Waals surface area contributed by atoms with E-state index in [2.05, 4.69) is 10.3 Å². The van der Waals surface area contributed by atoms with Gasteiger partial charge in [-0.1, -0.05) is 35.9 Å². The lowest BCUT2D eigenvalue weighted by atomic mass is 10.1. The fourth-order valence-corrected chi connectivity index (χ4v) is 2.42. The number of hydrogen-bond donors (Lipinski definition) is 2. The first-order valence-electron chi connectivity index (χ1n) is 6.29. The highest BCUT2D eigenvalue weighted by molar-refractivity contribution is 6.31. The van der Waals surface area contributed by atoms with Gasteiger partial charge in [-0.2, -0.15) is 0 Å². The Hall–Kier alpha value is -2.26. The van der Waals surface area contributed by atoms with Crippen molar-refractivity contribution < 1.29 is 4.79 Å². The number of benzene rings is 2. The molecule has 3 aromatic rings. The summed E-state index contributed by atoms with van der Waals surface area (Å²) in [6.45, 7) is 1.92. The van der Waals surface area contributed by atoms with E-state index in [1.807, 2.05) is 55.5 Å². The fraction of sp³-hybridized carbons (Fsp3) is 0.0625. The van der Waals surface area contributed by atoms with Crippen LogP contribution in [0.4, 0.5) is 5.69 Å². The Morgan fingerprint density at radius 1 is 1.15 bits per heavy atom. The molecule has 0 fully saturated rings. The van der Waals surface area contributed by atoms with Gasteiger partial charge in [-0.3, -0.25) is 4.79 Å². The summed E-state index contributed by atoms with van der Waals surface area (Å²) in [4.78, 5) is 15.4. The third-order valence-electron chi connectivity index (χ3n) is 3.28. The molecule has 0 aliphatic heterocycles. The number of hydrogen-bond acceptors (Lipinski definition) is 1. The zero-order valence-corrected chi connectivity index (χ0v) is 11.7. The second-order valence-corrected chi connectivity index (χ2v) is 5.07. The van der Waals surface area contributed by atoms with Gasteiger partial charge in [0.25, 0.3) is 5.91 Å². The lowest BCUT2D eigenvalue weighted by Gasteiger charge is -2.04. The van der Waals surface area contributed by atoms with E-state index in [0.717, 1.165) is 22.2 Å².